The van der Waals surface area contributed by atoms with Crippen molar-refractivity contribution in [2.45, 2.75) is 56.3 Å². The summed E-state index contributed by atoms with van der Waals surface area (Å²) in [7, 11) is 0. The van der Waals surface area contributed by atoms with E-state index in [1.807, 2.05) is 36.4 Å². The second kappa shape index (κ2) is 17.8. The number of carbonyl (C=O) groups is 4. The van der Waals surface area contributed by atoms with Gasteiger partial charge in [0, 0.05) is 19.4 Å². The summed E-state index contributed by atoms with van der Waals surface area (Å²) in [5.41, 5.74) is 13.7. The third kappa shape index (κ3) is 11.9. The molecular weight excluding hydrogens is 590 g/mol. The molecule has 13 nitrogen and oxygen atoms in total. The van der Waals surface area contributed by atoms with Gasteiger partial charge in [0.05, 0.1) is 6.04 Å². The van der Waals surface area contributed by atoms with Crippen LogP contribution in [0.2, 0.25) is 0 Å². The predicted octanol–water partition coefficient (Wildman–Crippen LogP) is 0.550. The maximum absolute atomic E-state index is 13.8. The smallest absolute Gasteiger partial charge is 0.326 e. The van der Waals surface area contributed by atoms with E-state index in [1.165, 1.54) is 12.1 Å². The first kappa shape index (κ1) is 35.1. The van der Waals surface area contributed by atoms with Gasteiger partial charge in [0.2, 0.25) is 17.7 Å². The normalized spacial score (nSPS) is 13.3. The molecule has 0 unspecified atom stereocenters. The van der Waals surface area contributed by atoms with Crippen molar-refractivity contribution in [2.24, 2.45) is 11.5 Å². The number of rotatable bonds is 17. The molecule has 0 radical (unpaired) electrons. The molecule has 0 saturated heterocycles. The van der Waals surface area contributed by atoms with Crippen LogP contribution in [0, 0.1) is 5.41 Å². The van der Waals surface area contributed by atoms with Crippen molar-refractivity contribution < 1.29 is 29.4 Å². The first-order valence-electron chi connectivity index (χ1n) is 14.8. The van der Waals surface area contributed by atoms with Gasteiger partial charge in [-0.1, -0.05) is 72.8 Å². The first-order valence-corrected chi connectivity index (χ1v) is 14.8. The summed E-state index contributed by atoms with van der Waals surface area (Å²) in [6.45, 7) is 0.232. The number of carboxylic acids is 1. The Kier molecular flexibility index (Phi) is 13.5. The van der Waals surface area contributed by atoms with E-state index in [9.17, 15) is 29.4 Å². The van der Waals surface area contributed by atoms with Crippen molar-refractivity contribution in [1.82, 2.24) is 21.3 Å². The molecule has 0 aliphatic carbocycles. The van der Waals surface area contributed by atoms with Crippen molar-refractivity contribution in [1.29, 1.82) is 5.41 Å². The Hall–Kier alpha value is -5.43. The number of carbonyl (C=O) groups excluding carboxylic acids is 3. The van der Waals surface area contributed by atoms with Crippen LogP contribution in [0.5, 0.6) is 5.75 Å². The van der Waals surface area contributed by atoms with Crippen molar-refractivity contribution in [3.8, 4) is 5.75 Å². The molecule has 3 aromatic rings. The highest BCUT2D eigenvalue weighted by Crippen LogP contribution is 2.13. The van der Waals surface area contributed by atoms with E-state index in [0.29, 0.717) is 12.0 Å². The van der Waals surface area contributed by atoms with Gasteiger partial charge in [-0.05, 0) is 48.1 Å². The molecule has 13 heteroatoms. The highest BCUT2D eigenvalue weighted by atomic mass is 16.4. The molecular formula is C33H41N7O6. The van der Waals surface area contributed by atoms with Gasteiger partial charge in [0.15, 0.2) is 5.96 Å². The highest BCUT2D eigenvalue weighted by molar-refractivity contribution is 5.94. The molecule has 11 N–H and O–H groups in total. The van der Waals surface area contributed by atoms with Crippen LogP contribution in [0.25, 0.3) is 0 Å². The van der Waals surface area contributed by atoms with Crippen LogP contribution in [0.15, 0.2) is 84.9 Å². The zero-order valence-electron chi connectivity index (χ0n) is 25.3. The summed E-state index contributed by atoms with van der Waals surface area (Å²) in [5, 5.41) is 37.2. The maximum atomic E-state index is 13.8. The number of hydrogen-bond donors (Lipinski definition) is 9. The minimum atomic E-state index is -1.28. The zero-order chi connectivity index (χ0) is 33.5. The van der Waals surface area contributed by atoms with Gasteiger partial charge in [-0.25, -0.2) is 4.79 Å². The molecule has 0 saturated carbocycles. The van der Waals surface area contributed by atoms with E-state index in [0.717, 1.165) is 11.1 Å². The molecule has 0 aliphatic rings. The van der Waals surface area contributed by atoms with Gasteiger partial charge in [-0.3, -0.25) is 19.8 Å². The van der Waals surface area contributed by atoms with Gasteiger partial charge in [0.25, 0.3) is 0 Å². The lowest BCUT2D eigenvalue weighted by Gasteiger charge is -2.25. The van der Waals surface area contributed by atoms with E-state index in [4.69, 9.17) is 16.9 Å². The lowest BCUT2D eigenvalue weighted by molar-refractivity contribution is -0.142. The quantitative estimate of drug-likeness (QED) is 0.0574. The predicted molar refractivity (Wildman–Crippen MR) is 173 cm³/mol. The fourth-order valence-electron chi connectivity index (χ4n) is 4.71. The van der Waals surface area contributed by atoms with Crippen LogP contribution in [-0.4, -0.2) is 70.6 Å². The van der Waals surface area contributed by atoms with Gasteiger partial charge >= 0.3 is 5.97 Å². The summed E-state index contributed by atoms with van der Waals surface area (Å²) >= 11 is 0. The molecule has 4 atom stereocenters. The number of nitrogens with one attached hydrogen (secondary N) is 5. The van der Waals surface area contributed by atoms with Crippen LogP contribution in [-0.2, 0) is 38.4 Å². The van der Waals surface area contributed by atoms with Gasteiger partial charge in [-0.2, -0.15) is 0 Å². The lowest BCUT2D eigenvalue weighted by Crippen LogP contribution is -2.58. The minimum absolute atomic E-state index is 0.0105. The molecule has 0 heterocycles. The Morgan fingerprint density at radius 2 is 1.13 bits per heavy atom. The number of guanidine groups is 1. The van der Waals surface area contributed by atoms with Crippen LogP contribution in [0.4, 0.5) is 0 Å². The number of hydrogen-bond acceptors (Lipinski definition) is 7. The van der Waals surface area contributed by atoms with Crippen molar-refractivity contribution in [3.05, 3.63) is 102 Å². The SMILES string of the molecule is N=C(N)NCCC[C@H](NC(=O)[C@@H](Cc1ccc(O)cc1)NC(=O)[C@H](Cc1ccccc1)NC(=O)[C@@H](N)Cc1ccccc1)C(=O)O. The number of benzene rings is 3. The number of carboxylic acid groups (broad SMARTS) is 1. The number of phenolic OH excluding ortho intramolecular Hbond substituents is 1. The molecule has 0 spiro atoms. The Balaban J connectivity index is 1.80. The zero-order valence-corrected chi connectivity index (χ0v) is 25.3. The van der Waals surface area contributed by atoms with Crippen molar-refractivity contribution >= 4 is 29.7 Å². The van der Waals surface area contributed by atoms with Crippen LogP contribution in [0.1, 0.15) is 29.5 Å². The number of nitrogens with two attached hydrogens (primary N) is 2. The fourth-order valence-corrected chi connectivity index (χ4v) is 4.71. The van der Waals surface area contributed by atoms with Crippen LogP contribution < -0.4 is 32.7 Å². The Labute approximate surface area is 267 Å². The van der Waals surface area contributed by atoms with Gasteiger partial charge < -0.3 is 42.9 Å². The molecule has 46 heavy (non-hydrogen) atoms. The summed E-state index contributed by atoms with van der Waals surface area (Å²) < 4.78 is 0. The Morgan fingerprint density at radius 1 is 0.674 bits per heavy atom. The summed E-state index contributed by atoms with van der Waals surface area (Å²) in [4.78, 5) is 52.4. The van der Waals surface area contributed by atoms with E-state index in [-0.39, 0.29) is 43.9 Å². The van der Waals surface area contributed by atoms with E-state index >= 15 is 0 Å². The summed E-state index contributed by atoms with van der Waals surface area (Å²) in [6, 6.07) is 19.7. The fraction of sp³-hybridized carbons (Fsp3) is 0.303. The third-order valence-corrected chi connectivity index (χ3v) is 7.16. The second-order valence-corrected chi connectivity index (χ2v) is 10.9. The monoisotopic (exact) mass is 631 g/mol. The lowest BCUT2D eigenvalue weighted by atomic mass is 10.0. The number of phenols is 1. The average molecular weight is 632 g/mol. The molecule has 3 aromatic carbocycles. The maximum Gasteiger partial charge on any atom is 0.326 e. The topological polar surface area (TPSA) is 233 Å². The van der Waals surface area contributed by atoms with Crippen molar-refractivity contribution in [2.75, 3.05) is 6.54 Å². The number of aromatic hydroxyl groups is 1. The largest absolute Gasteiger partial charge is 0.508 e. The molecule has 3 amide bonds. The molecule has 0 fully saturated rings. The molecule has 0 bridgehead atoms. The number of amides is 3. The summed E-state index contributed by atoms with van der Waals surface area (Å²) in [5.74, 6) is -3.49. The van der Waals surface area contributed by atoms with E-state index in [1.54, 1.807) is 36.4 Å². The molecule has 3 rings (SSSR count). The van der Waals surface area contributed by atoms with E-state index in [2.05, 4.69) is 21.3 Å². The third-order valence-electron chi connectivity index (χ3n) is 7.16. The number of aliphatic carboxylic acids is 1. The van der Waals surface area contributed by atoms with E-state index < -0.39 is 47.9 Å². The molecule has 0 aliphatic heterocycles. The Morgan fingerprint density at radius 3 is 1.63 bits per heavy atom. The average Bonchev–Trinajstić information content (AvgIpc) is 3.03. The minimum Gasteiger partial charge on any atom is -0.508 e. The Bertz CT molecular complexity index is 1450. The summed E-state index contributed by atoms with van der Waals surface area (Å²) in [6.07, 6.45) is 0.644. The first-order chi connectivity index (χ1) is 22.0. The standard InChI is InChI=1S/C33H41N7O6/c34-25(18-21-8-3-1-4-9-21)29(42)39-27(19-22-10-5-2-6-11-22)31(44)40-28(20-23-13-15-24(41)16-14-23)30(43)38-26(32(45)46)12-7-17-37-33(35)36/h1-6,8-11,13-16,25-28,41H,7,12,17-20,34H2,(H,38,43)(H,39,42)(H,40,44)(H,45,46)(H4,35,36,37)/t25-,26-,27-,28+/m0/s1. The molecule has 244 valence electrons. The van der Waals surface area contributed by atoms with Crippen LogP contribution >= 0.6 is 0 Å². The highest BCUT2D eigenvalue weighted by Gasteiger charge is 2.31. The van der Waals surface area contributed by atoms with Crippen molar-refractivity contribution in [3.63, 3.8) is 0 Å². The second-order valence-electron chi connectivity index (χ2n) is 10.9. The van der Waals surface area contributed by atoms with Crippen LogP contribution in [0.3, 0.4) is 0 Å². The molecule has 0 aromatic heterocycles. The van der Waals surface area contributed by atoms with Gasteiger partial charge in [0.1, 0.15) is 23.9 Å². The van der Waals surface area contributed by atoms with Gasteiger partial charge in [-0.15, -0.1) is 0 Å².